The van der Waals surface area contributed by atoms with Crippen LogP contribution in [-0.2, 0) is 0 Å². The maximum absolute atomic E-state index is 9.01. The van der Waals surface area contributed by atoms with Gasteiger partial charge in [0.15, 0.2) is 0 Å². The van der Waals surface area contributed by atoms with Crippen LogP contribution in [0.3, 0.4) is 0 Å². The molecule has 1 N–H and O–H groups in total. The lowest BCUT2D eigenvalue weighted by atomic mass is 10.1. The largest absolute Gasteiger partial charge is 0.496 e. The molecule has 0 amide bonds. The van der Waals surface area contributed by atoms with Gasteiger partial charge in [0.25, 0.3) is 0 Å². The summed E-state index contributed by atoms with van der Waals surface area (Å²) in [7, 11) is 1.64. The SMILES string of the molecule is COc1ccc(C(C)Nc2ccc(Cl)c(C#N)c2)cc1Br. The molecule has 0 fully saturated rings. The van der Waals surface area contributed by atoms with Gasteiger partial charge in [-0.25, -0.2) is 0 Å². The standard InChI is InChI=1S/C16H14BrClN2O/c1-10(11-3-6-16(21-2)14(17)8-11)20-13-4-5-15(18)12(7-13)9-19/h3-8,10,20H,1-2H3. The highest BCUT2D eigenvalue weighted by Crippen LogP contribution is 2.30. The van der Waals surface area contributed by atoms with Crippen LogP contribution in [-0.4, -0.2) is 7.11 Å². The Hall–Kier alpha value is -1.70. The second-order valence-electron chi connectivity index (χ2n) is 4.57. The van der Waals surface area contributed by atoms with Crippen molar-refractivity contribution < 1.29 is 4.74 Å². The zero-order chi connectivity index (χ0) is 15.4. The fraction of sp³-hybridized carbons (Fsp3) is 0.188. The first-order valence-electron chi connectivity index (χ1n) is 6.34. The Morgan fingerprint density at radius 1 is 1.29 bits per heavy atom. The third kappa shape index (κ3) is 3.69. The molecule has 0 heterocycles. The molecule has 2 aromatic rings. The number of nitriles is 1. The van der Waals surface area contributed by atoms with E-state index < -0.39 is 0 Å². The van der Waals surface area contributed by atoms with Gasteiger partial charge in [0, 0.05) is 11.7 Å². The molecule has 0 bridgehead atoms. The van der Waals surface area contributed by atoms with Gasteiger partial charge < -0.3 is 10.1 Å². The maximum atomic E-state index is 9.01. The zero-order valence-corrected chi connectivity index (χ0v) is 14.0. The minimum absolute atomic E-state index is 0.0833. The summed E-state index contributed by atoms with van der Waals surface area (Å²) in [5.41, 5.74) is 2.43. The minimum atomic E-state index is 0.0833. The number of nitrogens with one attached hydrogen (secondary N) is 1. The van der Waals surface area contributed by atoms with Gasteiger partial charge in [-0.2, -0.15) is 5.26 Å². The van der Waals surface area contributed by atoms with Crippen molar-refractivity contribution in [3.8, 4) is 11.8 Å². The van der Waals surface area contributed by atoms with E-state index in [0.717, 1.165) is 21.5 Å². The van der Waals surface area contributed by atoms with Crippen molar-refractivity contribution in [1.29, 1.82) is 5.26 Å². The summed E-state index contributed by atoms with van der Waals surface area (Å²) in [5, 5.41) is 12.8. The van der Waals surface area contributed by atoms with E-state index >= 15 is 0 Å². The molecule has 0 aliphatic rings. The Labute approximate surface area is 137 Å². The smallest absolute Gasteiger partial charge is 0.133 e. The van der Waals surface area contributed by atoms with Crippen molar-refractivity contribution in [2.75, 3.05) is 12.4 Å². The highest BCUT2D eigenvalue weighted by atomic mass is 79.9. The van der Waals surface area contributed by atoms with Crippen LogP contribution in [0.15, 0.2) is 40.9 Å². The molecule has 1 unspecified atom stereocenters. The molecule has 5 heteroatoms. The molecule has 0 aliphatic carbocycles. The van der Waals surface area contributed by atoms with Crippen LogP contribution >= 0.6 is 27.5 Å². The Kier molecular flexibility index (Phi) is 5.11. The second kappa shape index (κ2) is 6.84. The van der Waals surface area contributed by atoms with E-state index in [0.29, 0.717) is 10.6 Å². The van der Waals surface area contributed by atoms with Crippen molar-refractivity contribution in [1.82, 2.24) is 0 Å². The first kappa shape index (κ1) is 15.7. The van der Waals surface area contributed by atoms with Crippen LogP contribution in [0.4, 0.5) is 5.69 Å². The lowest BCUT2D eigenvalue weighted by Gasteiger charge is -2.17. The van der Waals surface area contributed by atoms with Gasteiger partial charge in [-0.05, 0) is 58.7 Å². The van der Waals surface area contributed by atoms with E-state index in [9.17, 15) is 0 Å². The molecule has 0 aromatic heterocycles. The fourth-order valence-electron chi connectivity index (χ4n) is 1.99. The molecule has 2 aromatic carbocycles. The zero-order valence-electron chi connectivity index (χ0n) is 11.7. The lowest BCUT2D eigenvalue weighted by molar-refractivity contribution is 0.412. The van der Waals surface area contributed by atoms with Crippen LogP contribution in [0.5, 0.6) is 5.75 Å². The number of hydrogen-bond donors (Lipinski definition) is 1. The minimum Gasteiger partial charge on any atom is -0.496 e. The van der Waals surface area contributed by atoms with Crippen LogP contribution in [0.25, 0.3) is 0 Å². The van der Waals surface area contributed by atoms with Gasteiger partial charge in [-0.15, -0.1) is 0 Å². The summed E-state index contributed by atoms with van der Waals surface area (Å²) in [6.45, 7) is 2.05. The van der Waals surface area contributed by atoms with Crippen molar-refractivity contribution in [3.63, 3.8) is 0 Å². The van der Waals surface area contributed by atoms with Crippen LogP contribution in [0, 0.1) is 11.3 Å². The number of benzene rings is 2. The van der Waals surface area contributed by atoms with Crippen LogP contribution < -0.4 is 10.1 Å². The molecule has 21 heavy (non-hydrogen) atoms. The van der Waals surface area contributed by atoms with Gasteiger partial charge in [0.2, 0.25) is 0 Å². The van der Waals surface area contributed by atoms with E-state index in [1.807, 2.05) is 24.3 Å². The first-order valence-corrected chi connectivity index (χ1v) is 7.52. The van der Waals surface area contributed by atoms with Crippen molar-refractivity contribution in [2.24, 2.45) is 0 Å². The number of nitrogens with zero attached hydrogens (tertiary/aromatic N) is 1. The van der Waals surface area contributed by atoms with E-state index in [-0.39, 0.29) is 6.04 Å². The lowest BCUT2D eigenvalue weighted by Crippen LogP contribution is -2.07. The molecule has 0 spiro atoms. The van der Waals surface area contributed by atoms with Crippen molar-refractivity contribution in [3.05, 3.63) is 57.0 Å². The van der Waals surface area contributed by atoms with Crippen LogP contribution in [0.2, 0.25) is 5.02 Å². The quantitative estimate of drug-likeness (QED) is 0.814. The monoisotopic (exact) mass is 364 g/mol. The van der Waals surface area contributed by atoms with Gasteiger partial charge >= 0.3 is 0 Å². The molecular weight excluding hydrogens is 352 g/mol. The van der Waals surface area contributed by atoms with Gasteiger partial charge in [0.1, 0.15) is 11.8 Å². The summed E-state index contributed by atoms with van der Waals surface area (Å²) in [6.07, 6.45) is 0. The van der Waals surface area contributed by atoms with Gasteiger partial charge in [-0.1, -0.05) is 17.7 Å². The molecular formula is C16H14BrClN2O. The Bertz CT molecular complexity index is 697. The number of halogens is 2. The predicted octanol–water partition coefficient (Wildman–Crippen LogP) is 5.16. The summed E-state index contributed by atoms with van der Waals surface area (Å²) in [6, 6.07) is 13.4. The summed E-state index contributed by atoms with van der Waals surface area (Å²) < 4.78 is 6.13. The number of hydrogen-bond acceptors (Lipinski definition) is 3. The van der Waals surface area contributed by atoms with E-state index in [1.165, 1.54) is 0 Å². The average Bonchev–Trinajstić information content (AvgIpc) is 2.49. The molecule has 108 valence electrons. The first-order chi connectivity index (χ1) is 10.0. The van der Waals surface area contributed by atoms with E-state index in [2.05, 4.69) is 34.2 Å². The summed E-state index contributed by atoms with van der Waals surface area (Å²) >= 11 is 9.41. The van der Waals surface area contributed by atoms with E-state index in [4.69, 9.17) is 21.6 Å². The van der Waals surface area contributed by atoms with Crippen molar-refractivity contribution in [2.45, 2.75) is 13.0 Å². The molecule has 3 nitrogen and oxygen atoms in total. The number of anilines is 1. The summed E-state index contributed by atoms with van der Waals surface area (Å²) in [4.78, 5) is 0. The molecule has 0 saturated heterocycles. The highest BCUT2D eigenvalue weighted by Gasteiger charge is 2.09. The number of rotatable bonds is 4. The topological polar surface area (TPSA) is 45.0 Å². The third-order valence-corrected chi connectivity index (χ3v) is 4.10. The van der Waals surface area contributed by atoms with Gasteiger partial charge in [0.05, 0.1) is 22.2 Å². The van der Waals surface area contributed by atoms with Gasteiger partial charge in [-0.3, -0.25) is 0 Å². The predicted molar refractivity (Wildman–Crippen MR) is 88.9 cm³/mol. The number of ether oxygens (including phenoxy) is 1. The maximum Gasteiger partial charge on any atom is 0.133 e. The molecule has 1 atom stereocenters. The highest BCUT2D eigenvalue weighted by molar-refractivity contribution is 9.10. The second-order valence-corrected chi connectivity index (χ2v) is 5.83. The summed E-state index contributed by atoms with van der Waals surface area (Å²) in [5.74, 6) is 0.796. The number of methoxy groups -OCH3 is 1. The molecule has 0 aliphatic heterocycles. The van der Waals surface area contributed by atoms with Crippen LogP contribution in [0.1, 0.15) is 24.1 Å². The third-order valence-electron chi connectivity index (χ3n) is 3.15. The molecule has 0 saturated carbocycles. The Morgan fingerprint density at radius 3 is 2.67 bits per heavy atom. The normalized spacial score (nSPS) is 11.6. The average molecular weight is 366 g/mol. The fourth-order valence-corrected chi connectivity index (χ4v) is 2.70. The van der Waals surface area contributed by atoms with Crippen molar-refractivity contribution >= 4 is 33.2 Å². The molecule has 2 rings (SSSR count). The Balaban J connectivity index is 2.20. The molecule has 0 radical (unpaired) electrons. The van der Waals surface area contributed by atoms with E-state index in [1.54, 1.807) is 19.2 Å². The Morgan fingerprint density at radius 2 is 2.05 bits per heavy atom.